The summed E-state index contributed by atoms with van der Waals surface area (Å²) in [5, 5.41) is 0. The third-order valence-corrected chi connectivity index (χ3v) is 3.63. The monoisotopic (exact) mass is 238 g/mol. The van der Waals surface area contributed by atoms with Crippen LogP contribution in [0.25, 0.3) is 0 Å². The fraction of sp³-hybridized carbons (Fsp3) is 0.333. The second-order valence-corrected chi connectivity index (χ2v) is 5.34. The minimum absolute atomic E-state index is 0.631. The Labute approximate surface area is 111 Å². The van der Waals surface area contributed by atoms with E-state index >= 15 is 0 Å². The van der Waals surface area contributed by atoms with Crippen molar-refractivity contribution in [3.05, 3.63) is 70.8 Å². The smallest absolute Gasteiger partial charge is 0.0187 e. The van der Waals surface area contributed by atoms with Crippen LogP contribution in [0, 0.1) is 13.8 Å². The molecule has 0 saturated carbocycles. The van der Waals surface area contributed by atoms with Crippen molar-refractivity contribution in [1.29, 1.82) is 0 Å². The summed E-state index contributed by atoms with van der Waals surface area (Å²) < 4.78 is 0. The Kier molecular flexibility index (Phi) is 4.19. The molecule has 0 aliphatic heterocycles. The van der Waals surface area contributed by atoms with Crippen LogP contribution in [0.1, 0.15) is 41.5 Å². The average molecular weight is 238 g/mol. The van der Waals surface area contributed by atoms with E-state index in [0.717, 1.165) is 6.42 Å². The molecule has 0 aliphatic carbocycles. The molecular weight excluding hydrogens is 216 g/mol. The van der Waals surface area contributed by atoms with Gasteiger partial charge in [0.05, 0.1) is 0 Å². The maximum Gasteiger partial charge on any atom is -0.0187 e. The van der Waals surface area contributed by atoms with Crippen LogP contribution in [0.15, 0.2) is 48.5 Å². The van der Waals surface area contributed by atoms with Gasteiger partial charge in [0, 0.05) is 0 Å². The second-order valence-electron chi connectivity index (χ2n) is 5.34. The van der Waals surface area contributed by atoms with Gasteiger partial charge in [-0.2, -0.15) is 0 Å². The third kappa shape index (κ3) is 3.46. The van der Waals surface area contributed by atoms with Gasteiger partial charge in [-0.3, -0.25) is 0 Å². The van der Waals surface area contributed by atoms with Crippen LogP contribution in [0.3, 0.4) is 0 Å². The van der Waals surface area contributed by atoms with Gasteiger partial charge in [0.25, 0.3) is 0 Å². The lowest BCUT2D eigenvalue weighted by atomic mass is 9.93. The molecule has 18 heavy (non-hydrogen) atoms. The van der Waals surface area contributed by atoms with Crippen LogP contribution in [-0.2, 0) is 6.42 Å². The van der Waals surface area contributed by atoms with E-state index in [2.05, 4.69) is 69.3 Å². The first-order valence-electron chi connectivity index (χ1n) is 6.77. The second kappa shape index (κ2) is 5.86. The highest BCUT2D eigenvalue weighted by Gasteiger charge is 2.05. The molecule has 0 heteroatoms. The van der Waals surface area contributed by atoms with Crippen molar-refractivity contribution < 1.29 is 0 Å². The third-order valence-electron chi connectivity index (χ3n) is 3.63. The maximum atomic E-state index is 2.32. The van der Waals surface area contributed by atoms with Gasteiger partial charge in [-0.15, -0.1) is 0 Å². The highest BCUT2D eigenvalue weighted by atomic mass is 14.1. The minimum Gasteiger partial charge on any atom is -0.0591 e. The molecule has 1 unspecified atom stereocenters. The van der Waals surface area contributed by atoms with Gasteiger partial charge in [-0.05, 0) is 43.7 Å². The Balaban J connectivity index is 1.93. The molecule has 0 amide bonds. The Morgan fingerprint density at radius 3 is 1.83 bits per heavy atom. The summed E-state index contributed by atoms with van der Waals surface area (Å²) in [5.41, 5.74) is 5.57. The van der Waals surface area contributed by atoms with E-state index < -0.39 is 0 Å². The first-order valence-corrected chi connectivity index (χ1v) is 6.77. The highest BCUT2D eigenvalue weighted by molar-refractivity contribution is 5.25. The summed E-state index contributed by atoms with van der Waals surface area (Å²) in [4.78, 5) is 0. The van der Waals surface area contributed by atoms with Crippen LogP contribution in [-0.4, -0.2) is 0 Å². The van der Waals surface area contributed by atoms with Gasteiger partial charge >= 0.3 is 0 Å². The predicted octanol–water partition coefficient (Wildman–Crippen LogP) is 5.04. The summed E-state index contributed by atoms with van der Waals surface area (Å²) in [6, 6.07) is 17.8. The predicted molar refractivity (Wildman–Crippen MR) is 79.1 cm³/mol. The summed E-state index contributed by atoms with van der Waals surface area (Å²) in [6.07, 6.45) is 2.38. The molecule has 2 aromatic carbocycles. The quantitative estimate of drug-likeness (QED) is 0.700. The zero-order chi connectivity index (χ0) is 13.0. The van der Waals surface area contributed by atoms with Crippen LogP contribution < -0.4 is 0 Å². The first kappa shape index (κ1) is 12.9. The van der Waals surface area contributed by atoms with Crippen molar-refractivity contribution in [2.75, 3.05) is 0 Å². The van der Waals surface area contributed by atoms with Gasteiger partial charge in [0.15, 0.2) is 0 Å². The molecule has 0 aliphatic rings. The van der Waals surface area contributed by atoms with Crippen LogP contribution in [0.4, 0.5) is 0 Å². The van der Waals surface area contributed by atoms with Gasteiger partial charge in [0.2, 0.25) is 0 Å². The topological polar surface area (TPSA) is 0 Å². The van der Waals surface area contributed by atoms with Crippen LogP contribution >= 0.6 is 0 Å². The fourth-order valence-electron chi connectivity index (χ4n) is 2.20. The Bertz CT molecular complexity index is 476. The van der Waals surface area contributed by atoms with E-state index in [9.17, 15) is 0 Å². The molecule has 2 rings (SSSR count). The minimum atomic E-state index is 0.631. The van der Waals surface area contributed by atoms with Crippen molar-refractivity contribution >= 4 is 0 Å². The molecule has 0 N–H and O–H groups in total. The largest absolute Gasteiger partial charge is 0.0591 e. The summed E-state index contributed by atoms with van der Waals surface area (Å²) in [5.74, 6) is 0.631. The number of hydrogen-bond donors (Lipinski definition) is 0. The van der Waals surface area contributed by atoms with Crippen molar-refractivity contribution in [3.8, 4) is 0 Å². The molecule has 2 aromatic rings. The lowest BCUT2D eigenvalue weighted by molar-refractivity contribution is 0.679. The van der Waals surface area contributed by atoms with E-state index in [0.29, 0.717) is 5.92 Å². The van der Waals surface area contributed by atoms with E-state index in [1.807, 2.05) is 0 Å². The SMILES string of the molecule is Cc1ccc(CCC(C)c2ccc(C)cc2)cc1. The van der Waals surface area contributed by atoms with Crippen LogP contribution in [0.2, 0.25) is 0 Å². The molecular formula is C18H22. The Morgan fingerprint density at radius 1 is 0.778 bits per heavy atom. The van der Waals surface area contributed by atoms with Gasteiger partial charge in [-0.1, -0.05) is 66.6 Å². The zero-order valence-corrected chi connectivity index (χ0v) is 11.6. The Hall–Kier alpha value is -1.56. The van der Waals surface area contributed by atoms with E-state index in [1.165, 1.54) is 28.7 Å². The first-order chi connectivity index (χ1) is 8.65. The van der Waals surface area contributed by atoms with Gasteiger partial charge in [0.1, 0.15) is 0 Å². The Morgan fingerprint density at radius 2 is 1.28 bits per heavy atom. The molecule has 0 bridgehead atoms. The average Bonchev–Trinajstić information content (AvgIpc) is 2.38. The molecule has 0 spiro atoms. The van der Waals surface area contributed by atoms with E-state index in [-0.39, 0.29) is 0 Å². The molecule has 0 aromatic heterocycles. The number of rotatable bonds is 4. The summed E-state index contributed by atoms with van der Waals surface area (Å²) in [7, 11) is 0. The van der Waals surface area contributed by atoms with E-state index in [4.69, 9.17) is 0 Å². The summed E-state index contributed by atoms with van der Waals surface area (Å²) in [6.45, 7) is 6.60. The van der Waals surface area contributed by atoms with Crippen molar-refractivity contribution in [3.63, 3.8) is 0 Å². The molecule has 0 fully saturated rings. The lowest BCUT2D eigenvalue weighted by Gasteiger charge is -2.12. The maximum absolute atomic E-state index is 2.32. The van der Waals surface area contributed by atoms with Crippen molar-refractivity contribution in [2.45, 2.75) is 39.5 Å². The molecule has 94 valence electrons. The molecule has 0 saturated heterocycles. The van der Waals surface area contributed by atoms with Gasteiger partial charge < -0.3 is 0 Å². The number of aryl methyl sites for hydroxylation is 3. The molecule has 0 heterocycles. The summed E-state index contributed by atoms with van der Waals surface area (Å²) >= 11 is 0. The van der Waals surface area contributed by atoms with Gasteiger partial charge in [-0.25, -0.2) is 0 Å². The number of benzene rings is 2. The fourth-order valence-corrected chi connectivity index (χ4v) is 2.20. The standard InChI is InChI=1S/C18H22/c1-14-4-9-17(10-5-14)11-8-16(3)18-12-6-15(2)7-13-18/h4-7,9-10,12-13,16H,8,11H2,1-3H3. The molecule has 0 nitrogen and oxygen atoms in total. The lowest BCUT2D eigenvalue weighted by Crippen LogP contribution is -1.96. The number of hydrogen-bond acceptors (Lipinski definition) is 0. The molecule has 0 radical (unpaired) electrons. The molecule has 1 atom stereocenters. The highest BCUT2D eigenvalue weighted by Crippen LogP contribution is 2.21. The van der Waals surface area contributed by atoms with Crippen molar-refractivity contribution in [1.82, 2.24) is 0 Å². The van der Waals surface area contributed by atoms with Crippen LogP contribution in [0.5, 0.6) is 0 Å². The van der Waals surface area contributed by atoms with E-state index in [1.54, 1.807) is 0 Å². The normalized spacial score (nSPS) is 12.4. The zero-order valence-electron chi connectivity index (χ0n) is 11.6. The van der Waals surface area contributed by atoms with Crippen molar-refractivity contribution in [2.24, 2.45) is 0 Å².